The fraction of sp³-hybridized carbons (Fsp3) is 0.211. The van der Waals surface area contributed by atoms with Crippen LogP contribution in [-0.4, -0.2) is 31.9 Å². The van der Waals surface area contributed by atoms with Gasteiger partial charge in [0, 0.05) is 23.9 Å². The smallest absolute Gasteiger partial charge is 0.255 e. The SMILES string of the molecule is CC(=O)Nc1ccc(NC(=O)c2ccc(N3C(=O)C(C)CS3(=O)=O)cc2)cc1. The van der Waals surface area contributed by atoms with E-state index in [9.17, 15) is 22.8 Å². The number of anilines is 3. The normalized spacial score (nSPS) is 18.0. The van der Waals surface area contributed by atoms with Crippen LogP contribution in [-0.2, 0) is 19.6 Å². The highest BCUT2D eigenvalue weighted by molar-refractivity contribution is 7.94. The number of benzene rings is 2. The third-order valence-electron chi connectivity index (χ3n) is 4.19. The van der Waals surface area contributed by atoms with E-state index in [1.807, 2.05) is 0 Å². The number of sulfonamides is 1. The molecule has 3 rings (SSSR count). The highest BCUT2D eigenvalue weighted by Gasteiger charge is 2.41. The molecule has 0 aliphatic carbocycles. The number of rotatable bonds is 4. The second kappa shape index (κ2) is 7.43. The summed E-state index contributed by atoms with van der Waals surface area (Å²) >= 11 is 0. The Hall–Kier alpha value is -3.20. The van der Waals surface area contributed by atoms with Crippen molar-refractivity contribution in [2.45, 2.75) is 13.8 Å². The fourth-order valence-electron chi connectivity index (χ4n) is 2.88. The molecule has 9 heteroatoms. The summed E-state index contributed by atoms with van der Waals surface area (Å²) in [5.41, 5.74) is 1.67. The van der Waals surface area contributed by atoms with Gasteiger partial charge in [0.1, 0.15) is 0 Å². The van der Waals surface area contributed by atoms with Crippen LogP contribution in [0.5, 0.6) is 0 Å². The minimum absolute atomic E-state index is 0.190. The van der Waals surface area contributed by atoms with Crippen LogP contribution in [0.15, 0.2) is 48.5 Å². The first-order valence-corrected chi connectivity index (χ1v) is 10.1. The van der Waals surface area contributed by atoms with Crippen LogP contribution in [0.2, 0.25) is 0 Å². The molecule has 1 saturated heterocycles. The summed E-state index contributed by atoms with van der Waals surface area (Å²) in [5, 5.41) is 5.34. The van der Waals surface area contributed by atoms with Crippen LogP contribution >= 0.6 is 0 Å². The zero-order chi connectivity index (χ0) is 20.5. The van der Waals surface area contributed by atoms with Crippen molar-refractivity contribution in [1.29, 1.82) is 0 Å². The van der Waals surface area contributed by atoms with Crippen molar-refractivity contribution in [3.05, 3.63) is 54.1 Å². The Kier molecular flexibility index (Phi) is 5.19. The van der Waals surface area contributed by atoms with Gasteiger partial charge in [0.25, 0.3) is 5.91 Å². The zero-order valence-electron chi connectivity index (χ0n) is 15.3. The van der Waals surface area contributed by atoms with Gasteiger partial charge in [-0.2, -0.15) is 0 Å². The number of amides is 3. The molecule has 1 atom stereocenters. The average Bonchev–Trinajstić information content (AvgIpc) is 2.83. The number of nitrogens with zero attached hydrogens (tertiary/aromatic N) is 1. The number of nitrogens with one attached hydrogen (secondary N) is 2. The van der Waals surface area contributed by atoms with Crippen LogP contribution < -0.4 is 14.9 Å². The lowest BCUT2D eigenvalue weighted by Gasteiger charge is -2.15. The minimum Gasteiger partial charge on any atom is -0.326 e. The predicted molar refractivity (Wildman–Crippen MR) is 106 cm³/mol. The molecule has 1 fully saturated rings. The molecule has 1 heterocycles. The molecule has 146 valence electrons. The number of carbonyl (C=O) groups is 3. The van der Waals surface area contributed by atoms with Crippen molar-refractivity contribution in [1.82, 2.24) is 0 Å². The van der Waals surface area contributed by atoms with Crippen molar-refractivity contribution < 1.29 is 22.8 Å². The Morgan fingerprint density at radius 1 is 0.964 bits per heavy atom. The second-order valence-corrected chi connectivity index (χ2v) is 8.40. The molecular formula is C19H19N3O5S. The molecular weight excluding hydrogens is 382 g/mol. The van der Waals surface area contributed by atoms with Gasteiger partial charge in [0.15, 0.2) is 0 Å². The molecule has 0 saturated carbocycles. The van der Waals surface area contributed by atoms with E-state index in [4.69, 9.17) is 0 Å². The van der Waals surface area contributed by atoms with Gasteiger partial charge in [-0.05, 0) is 48.5 Å². The van der Waals surface area contributed by atoms with Crippen molar-refractivity contribution in [3.63, 3.8) is 0 Å². The molecule has 2 aromatic carbocycles. The summed E-state index contributed by atoms with van der Waals surface area (Å²) < 4.78 is 25.1. The van der Waals surface area contributed by atoms with Gasteiger partial charge in [-0.3, -0.25) is 14.4 Å². The summed E-state index contributed by atoms with van der Waals surface area (Å²) in [4.78, 5) is 35.5. The van der Waals surface area contributed by atoms with E-state index in [0.29, 0.717) is 16.9 Å². The lowest BCUT2D eigenvalue weighted by atomic mass is 10.1. The predicted octanol–water partition coefficient (Wildman–Crippen LogP) is 2.21. The van der Waals surface area contributed by atoms with Gasteiger partial charge in [0.2, 0.25) is 21.8 Å². The van der Waals surface area contributed by atoms with Gasteiger partial charge < -0.3 is 10.6 Å². The molecule has 0 radical (unpaired) electrons. The third kappa shape index (κ3) is 4.04. The Bertz CT molecular complexity index is 1030. The minimum atomic E-state index is -3.68. The van der Waals surface area contributed by atoms with Gasteiger partial charge in [-0.1, -0.05) is 6.92 Å². The van der Waals surface area contributed by atoms with Crippen molar-refractivity contribution >= 4 is 44.8 Å². The summed E-state index contributed by atoms with van der Waals surface area (Å²) in [7, 11) is -3.68. The van der Waals surface area contributed by atoms with E-state index < -0.39 is 21.8 Å². The molecule has 0 aromatic heterocycles. The Labute approximate surface area is 162 Å². The van der Waals surface area contributed by atoms with Crippen LogP contribution in [0.4, 0.5) is 17.1 Å². The second-order valence-electron chi connectivity index (χ2n) is 6.54. The maximum absolute atomic E-state index is 12.4. The summed E-state index contributed by atoms with van der Waals surface area (Å²) in [6.45, 7) is 2.97. The average molecular weight is 401 g/mol. The van der Waals surface area contributed by atoms with Crippen LogP contribution in [0.1, 0.15) is 24.2 Å². The van der Waals surface area contributed by atoms with E-state index in [1.165, 1.54) is 31.2 Å². The third-order valence-corrected chi connectivity index (χ3v) is 6.06. The van der Waals surface area contributed by atoms with Crippen molar-refractivity contribution in [3.8, 4) is 0 Å². The Balaban J connectivity index is 1.72. The number of hydrogen-bond acceptors (Lipinski definition) is 5. The van der Waals surface area contributed by atoms with E-state index in [2.05, 4.69) is 10.6 Å². The van der Waals surface area contributed by atoms with Crippen LogP contribution in [0.3, 0.4) is 0 Å². The maximum Gasteiger partial charge on any atom is 0.255 e. The Morgan fingerprint density at radius 3 is 1.96 bits per heavy atom. The van der Waals surface area contributed by atoms with Crippen molar-refractivity contribution in [2.24, 2.45) is 5.92 Å². The van der Waals surface area contributed by atoms with E-state index >= 15 is 0 Å². The van der Waals surface area contributed by atoms with E-state index in [1.54, 1.807) is 31.2 Å². The zero-order valence-corrected chi connectivity index (χ0v) is 16.1. The van der Waals surface area contributed by atoms with Crippen molar-refractivity contribution in [2.75, 3.05) is 20.7 Å². The van der Waals surface area contributed by atoms with Gasteiger partial charge >= 0.3 is 0 Å². The van der Waals surface area contributed by atoms with Gasteiger partial charge in [-0.25, -0.2) is 12.7 Å². The highest BCUT2D eigenvalue weighted by Crippen LogP contribution is 2.28. The summed E-state index contributed by atoms with van der Waals surface area (Å²) in [6, 6.07) is 12.4. The molecule has 3 amide bonds. The highest BCUT2D eigenvalue weighted by atomic mass is 32.2. The lowest BCUT2D eigenvalue weighted by Crippen LogP contribution is -2.30. The molecule has 1 aliphatic heterocycles. The molecule has 2 N–H and O–H groups in total. The molecule has 0 spiro atoms. The molecule has 2 aromatic rings. The largest absolute Gasteiger partial charge is 0.326 e. The molecule has 28 heavy (non-hydrogen) atoms. The van der Waals surface area contributed by atoms with Gasteiger partial charge in [0.05, 0.1) is 17.4 Å². The Morgan fingerprint density at radius 2 is 1.50 bits per heavy atom. The van der Waals surface area contributed by atoms with E-state index in [-0.39, 0.29) is 23.3 Å². The molecule has 1 unspecified atom stereocenters. The molecule has 0 bridgehead atoms. The topological polar surface area (TPSA) is 113 Å². The lowest BCUT2D eigenvalue weighted by molar-refractivity contribution is -0.119. The van der Waals surface area contributed by atoms with Crippen LogP contribution in [0.25, 0.3) is 0 Å². The number of hydrogen-bond donors (Lipinski definition) is 2. The first-order chi connectivity index (χ1) is 13.2. The molecule has 1 aliphatic rings. The monoisotopic (exact) mass is 401 g/mol. The van der Waals surface area contributed by atoms with Gasteiger partial charge in [-0.15, -0.1) is 0 Å². The summed E-state index contributed by atoms with van der Waals surface area (Å²) in [6.07, 6.45) is 0. The fourth-order valence-corrected chi connectivity index (χ4v) is 4.70. The first kappa shape index (κ1) is 19.6. The standard InChI is InChI=1S/C19H19N3O5S/c1-12-11-28(26,27)22(19(12)25)17-9-3-14(4-10-17)18(24)21-16-7-5-15(6-8-16)20-13(2)23/h3-10,12H,11H2,1-2H3,(H,20,23)(H,21,24). The van der Waals surface area contributed by atoms with E-state index in [0.717, 1.165) is 4.31 Å². The molecule has 8 nitrogen and oxygen atoms in total. The summed E-state index contributed by atoms with van der Waals surface area (Å²) in [5.74, 6) is -1.86. The number of carbonyl (C=O) groups excluding carboxylic acids is 3. The maximum atomic E-state index is 12.4. The first-order valence-electron chi connectivity index (χ1n) is 8.53. The quantitative estimate of drug-likeness (QED) is 0.816. The van der Waals surface area contributed by atoms with Crippen LogP contribution in [0, 0.1) is 5.92 Å².